The highest BCUT2D eigenvalue weighted by atomic mass is 16.3. The molecule has 0 radical (unpaired) electrons. The molecule has 2 aromatic rings. The normalized spacial score (nSPS) is 12.7. The number of aromatic nitrogens is 2. The van der Waals surface area contributed by atoms with Crippen molar-refractivity contribution in [3.05, 3.63) is 41.3 Å². The van der Waals surface area contributed by atoms with Gasteiger partial charge in [0.2, 0.25) is 0 Å². The molecule has 2 rings (SSSR count). The Kier molecular flexibility index (Phi) is 3.82. The van der Waals surface area contributed by atoms with Crippen molar-refractivity contribution in [3.63, 3.8) is 0 Å². The van der Waals surface area contributed by atoms with Gasteiger partial charge in [-0.2, -0.15) is 0 Å². The van der Waals surface area contributed by atoms with E-state index in [0.29, 0.717) is 0 Å². The van der Waals surface area contributed by atoms with E-state index in [4.69, 9.17) is 0 Å². The van der Waals surface area contributed by atoms with E-state index in [1.807, 2.05) is 6.20 Å². The number of hydrogen-bond acceptors (Lipinski definition) is 2. The molecule has 1 unspecified atom stereocenters. The number of aromatic amines is 1. The molecule has 0 bridgehead atoms. The molecule has 1 heterocycles. The molecule has 3 nitrogen and oxygen atoms in total. The molecule has 0 aliphatic carbocycles. The molecule has 0 spiro atoms. The first kappa shape index (κ1) is 12.8. The van der Waals surface area contributed by atoms with Crippen LogP contribution in [0.4, 0.5) is 0 Å². The van der Waals surface area contributed by atoms with Crippen molar-refractivity contribution in [1.29, 1.82) is 0 Å². The summed E-state index contributed by atoms with van der Waals surface area (Å²) in [5.41, 5.74) is 4.70. The Bertz CT molecular complexity index is 527. The second kappa shape index (κ2) is 5.36. The third-order valence-electron chi connectivity index (χ3n) is 3.37. The fourth-order valence-electron chi connectivity index (χ4n) is 2.21. The molecule has 1 aromatic heterocycles. The van der Waals surface area contributed by atoms with E-state index in [9.17, 15) is 5.11 Å². The van der Waals surface area contributed by atoms with Gasteiger partial charge in [0, 0.05) is 11.5 Å². The summed E-state index contributed by atoms with van der Waals surface area (Å²) in [6.45, 7) is 6.39. The van der Waals surface area contributed by atoms with Crippen LogP contribution in [0, 0.1) is 13.8 Å². The maximum atomic E-state index is 9.29. The summed E-state index contributed by atoms with van der Waals surface area (Å²) in [7, 11) is 0. The summed E-state index contributed by atoms with van der Waals surface area (Å²) in [4.78, 5) is 7.70. The number of rotatable bonds is 4. The molecule has 18 heavy (non-hydrogen) atoms. The van der Waals surface area contributed by atoms with Crippen molar-refractivity contribution in [2.24, 2.45) is 0 Å². The van der Waals surface area contributed by atoms with Crippen LogP contribution >= 0.6 is 0 Å². The number of H-pyrrole nitrogens is 1. The quantitative estimate of drug-likeness (QED) is 0.867. The number of aryl methyl sites for hydroxylation is 2. The van der Waals surface area contributed by atoms with Gasteiger partial charge in [0.15, 0.2) is 0 Å². The Labute approximate surface area is 108 Å². The number of nitrogens with zero attached hydrogens (tertiary/aromatic N) is 1. The third kappa shape index (κ3) is 2.46. The zero-order chi connectivity index (χ0) is 13.1. The Balaban J connectivity index is 2.34. The largest absolute Gasteiger partial charge is 0.396 e. The van der Waals surface area contributed by atoms with E-state index in [2.05, 4.69) is 48.9 Å². The molecule has 2 N–H and O–H groups in total. The van der Waals surface area contributed by atoms with Gasteiger partial charge in [-0.1, -0.05) is 30.7 Å². The van der Waals surface area contributed by atoms with Gasteiger partial charge in [-0.3, -0.25) is 0 Å². The van der Waals surface area contributed by atoms with Gasteiger partial charge >= 0.3 is 0 Å². The molecule has 0 aliphatic heterocycles. The van der Waals surface area contributed by atoms with E-state index in [-0.39, 0.29) is 12.5 Å². The molecule has 3 heteroatoms. The zero-order valence-electron chi connectivity index (χ0n) is 11.2. The van der Waals surface area contributed by atoms with Crippen molar-refractivity contribution in [1.82, 2.24) is 9.97 Å². The summed E-state index contributed by atoms with van der Waals surface area (Å²) < 4.78 is 0. The number of hydrogen-bond donors (Lipinski definition) is 2. The summed E-state index contributed by atoms with van der Waals surface area (Å²) in [5.74, 6) is 0.972. The Hall–Kier alpha value is -1.61. The van der Waals surface area contributed by atoms with Crippen LogP contribution in [0.3, 0.4) is 0 Å². The van der Waals surface area contributed by atoms with E-state index >= 15 is 0 Å². The zero-order valence-corrected chi connectivity index (χ0v) is 11.2. The lowest BCUT2D eigenvalue weighted by molar-refractivity contribution is 0.258. The van der Waals surface area contributed by atoms with Crippen molar-refractivity contribution in [2.45, 2.75) is 33.1 Å². The maximum Gasteiger partial charge on any atom is 0.111 e. The number of nitrogens with one attached hydrogen (secondary N) is 1. The second-order valence-corrected chi connectivity index (χ2v) is 4.79. The maximum absolute atomic E-state index is 9.29. The predicted molar refractivity (Wildman–Crippen MR) is 73.6 cm³/mol. The molecular formula is C15H20N2O. The average Bonchev–Trinajstić information content (AvgIpc) is 2.80. The van der Waals surface area contributed by atoms with Gasteiger partial charge in [0.05, 0.1) is 18.5 Å². The Morgan fingerprint density at radius 2 is 2.11 bits per heavy atom. The molecule has 0 aliphatic rings. The molecule has 0 amide bonds. The number of benzene rings is 1. The van der Waals surface area contributed by atoms with Crippen LogP contribution in [-0.2, 0) is 0 Å². The van der Waals surface area contributed by atoms with Crippen molar-refractivity contribution >= 4 is 0 Å². The van der Waals surface area contributed by atoms with Crippen LogP contribution in [0.25, 0.3) is 11.3 Å². The van der Waals surface area contributed by atoms with Crippen molar-refractivity contribution in [3.8, 4) is 11.3 Å². The predicted octanol–water partition coefficient (Wildman–Crippen LogP) is 3.18. The number of imidazole rings is 1. The molecule has 0 saturated carbocycles. The monoisotopic (exact) mass is 244 g/mol. The van der Waals surface area contributed by atoms with Gasteiger partial charge < -0.3 is 10.1 Å². The van der Waals surface area contributed by atoms with Crippen LogP contribution < -0.4 is 0 Å². The topological polar surface area (TPSA) is 48.9 Å². The molecule has 96 valence electrons. The molecule has 1 atom stereocenters. The summed E-state index contributed by atoms with van der Waals surface area (Å²) in [5, 5.41) is 9.29. The van der Waals surface area contributed by atoms with Gasteiger partial charge in [-0.25, -0.2) is 4.98 Å². The number of aliphatic hydroxyl groups excluding tert-OH is 1. The standard InChI is InChI=1S/C15H20N2O/c1-4-12(9-18)15-16-8-14(17-15)13-6-5-10(2)7-11(13)3/h5-8,12,18H,4,9H2,1-3H3,(H,16,17). The first-order chi connectivity index (χ1) is 8.65. The minimum absolute atomic E-state index is 0.101. The highest BCUT2D eigenvalue weighted by molar-refractivity contribution is 5.63. The van der Waals surface area contributed by atoms with Crippen LogP contribution in [0.5, 0.6) is 0 Å². The minimum atomic E-state index is 0.101. The first-order valence-electron chi connectivity index (χ1n) is 6.39. The Morgan fingerprint density at radius 1 is 1.33 bits per heavy atom. The second-order valence-electron chi connectivity index (χ2n) is 4.79. The van der Waals surface area contributed by atoms with Crippen molar-refractivity contribution in [2.75, 3.05) is 6.61 Å². The van der Waals surface area contributed by atoms with E-state index in [0.717, 1.165) is 17.9 Å². The fourth-order valence-corrected chi connectivity index (χ4v) is 2.21. The van der Waals surface area contributed by atoms with Crippen molar-refractivity contribution < 1.29 is 5.11 Å². The SMILES string of the molecule is CCC(CO)c1ncc(-c2ccc(C)cc2C)[nH]1. The van der Waals surface area contributed by atoms with Crippen LogP contribution in [0.1, 0.15) is 36.2 Å². The van der Waals surface area contributed by atoms with Crippen LogP contribution in [0.2, 0.25) is 0 Å². The summed E-state index contributed by atoms with van der Waals surface area (Å²) >= 11 is 0. The molecule has 0 fully saturated rings. The smallest absolute Gasteiger partial charge is 0.111 e. The number of aliphatic hydroxyl groups is 1. The van der Waals surface area contributed by atoms with Gasteiger partial charge in [0.25, 0.3) is 0 Å². The lowest BCUT2D eigenvalue weighted by Crippen LogP contribution is -2.04. The molecule has 0 saturated heterocycles. The highest BCUT2D eigenvalue weighted by Crippen LogP contribution is 2.25. The lowest BCUT2D eigenvalue weighted by atomic mass is 10.0. The van der Waals surface area contributed by atoms with Gasteiger partial charge in [0.1, 0.15) is 5.82 Å². The van der Waals surface area contributed by atoms with Gasteiger partial charge in [-0.15, -0.1) is 0 Å². The van der Waals surface area contributed by atoms with E-state index < -0.39 is 0 Å². The minimum Gasteiger partial charge on any atom is -0.396 e. The van der Waals surface area contributed by atoms with Gasteiger partial charge in [-0.05, 0) is 25.8 Å². The summed E-state index contributed by atoms with van der Waals surface area (Å²) in [6.07, 6.45) is 2.74. The summed E-state index contributed by atoms with van der Waals surface area (Å²) in [6, 6.07) is 6.38. The van der Waals surface area contributed by atoms with E-state index in [1.54, 1.807) is 0 Å². The first-order valence-corrected chi connectivity index (χ1v) is 6.39. The molecule has 1 aromatic carbocycles. The van der Waals surface area contributed by atoms with Crippen LogP contribution in [-0.4, -0.2) is 21.7 Å². The molecular weight excluding hydrogens is 224 g/mol. The third-order valence-corrected chi connectivity index (χ3v) is 3.37. The fraction of sp³-hybridized carbons (Fsp3) is 0.400. The average molecular weight is 244 g/mol. The highest BCUT2D eigenvalue weighted by Gasteiger charge is 2.13. The van der Waals surface area contributed by atoms with E-state index in [1.165, 1.54) is 16.7 Å². The lowest BCUT2D eigenvalue weighted by Gasteiger charge is -2.08. The Morgan fingerprint density at radius 3 is 2.72 bits per heavy atom. The van der Waals surface area contributed by atoms with Crippen LogP contribution in [0.15, 0.2) is 24.4 Å².